The lowest BCUT2D eigenvalue weighted by atomic mass is 10.2. The van der Waals surface area contributed by atoms with Crippen LogP contribution in [0.1, 0.15) is 35.0 Å². The molecule has 0 saturated heterocycles. The first-order chi connectivity index (χ1) is 10.3. The molecular formula is C16H19N3OS. The second kappa shape index (κ2) is 6.26. The summed E-state index contributed by atoms with van der Waals surface area (Å²) in [6, 6.07) is 6.37. The minimum absolute atomic E-state index is 0.0787. The zero-order chi connectivity index (χ0) is 14.7. The topological polar surface area (TPSA) is 45.2 Å². The van der Waals surface area contributed by atoms with Gasteiger partial charge in [-0.15, -0.1) is 11.3 Å². The molecule has 0 aliphatic heterocycles. The minimum atomic E-state index is 0.0787. The second-order valence-electron chi connectivity index (χ2n) is 5.20. The van der Waals surface area contributed by atoms with Crippen LogP contribution in [0.15, 0.2) is 36.0 Å². The van der Waals surface area contributed by atoms with E-state index in [2.05, 4.69) is 21.7 Å². The first-order valence-electron chi connectivity index (χ1n) is 7.31. The number of hydrogen-bond acceptors (Lipinski definition) is 4. The lowest BCUT2D eigenvalue weighted by Gasteiger charge is -2.23. The van der Waals surface area contributed by atoms with Crippen molar-refractivity contribution in [2.24, 2.45) is 0 Å². The zero-order valence-corrected chi connectivity index (χ0v) is 12.9. The van der Waals surface area contributed by atoms with E-state index in [1.807, 2.05) is 24.0 Å². The molecule has 1 fully saturated rings. The summed E-state index contributed by atoms with van der Waals surface area (Å²) in [6.45, 7) is 3.51. The SMILES string of the molecule is CCNc1ccncc1C(=O)N(Cc1cccs1)C1CC1. The molecule has 0 spiro atoms. The third-order valence-corrected chi connectivity index (χ3v) is 4.43. The van der Waals surface area contributed by atoms with Crippen LogP contribution in [0.25, 0.3) is 0 Å². The molecule has 0 unspecified atom stereocenters. The van der Waals surface area contributed by atoms with Crippen LogP contribution in [0.4, 0.5) is 5.69 Å². The maximum absolute atomic E-state index is 12.9. The first kappa shape index (κ1) is 14.1. The second-order valence-corrected chi connectivity index (χ2v) is 6.23. The maximum Gasteiger partial charge on any atom is 0.258 e. The van der Waals surface area contributed by atoms with Crippen LogP contribution in [0.2, 0.25) is 0 Å². The van der Waals surface area contributed by atoms with Gasteiger partial charge in [0.2, 0.25) is 0 Å². The summed E-state index contributed by atoms with van der Waals surface area (Å²) in [7, 11) is 0. The van der Waals surface area contributed by atoms with E-state index < -0.39 is 0 Å². The van der Waals surface area contributed by atoms with Gasteiger partial charge in [0, 0.05) is 29.9 Å². The molecular weight excluding hydrogens is 282 g/mol. The Bertz CT molecular complexity index is 608. The van der Waals surface area contributed by atoms with E-state index in [1.165, 1.54) is 4.88 Å². The van der Waals surface area contributed by atoms with E-state index >= 15 is 0 Å². The molecule has 1 aliphatic carbocycles. The molecule has 0 aromatic carbocycles. The normalized spacial score (nSPS) is 14.0. The van der Waals surface area contributed by atoms with Crippen molar-refractivity contribution < 1.29 is 4.79 Å². The predicted octanol–water partition coefficient (Wildman–Crippen LogP) is 3.38. The summed E-state index contributed by atoms with van der Waals surface area (Å²) in [6.07, 6.45) is 5.60. The Kier molecular flexibility index (Phi) is 4.20. The number of carbonyl (C=O) groups excluding carboxylic acids is 1. The van der Waals surface area contributed by atoms with Crippen molar-refractivity contribution in [2.45, 2.75) is 32.4 Å². The average molecular weight is 301 g/mol. The highest BCUT2D eigenvalue weighted by molar-refractivity contribution is 7.09. The lowest BCUT2D eigenvalue weighted by Crippen LogP contribution is -2.33. The lowest BCUT2D eigenvalue weighted by molar-refractivity contribution is 0.0732. The number of nitrogens with one attached hydrogen (secondary N) is 1. The van der Waals surface area contributed by atoms with Crippen LogP contribution in [-0.2, 0) is 6.54 Å². The number of anilines is 1. The van der Waals surface area contributed by atoms with Gasteiger partial charge in [-0.25, -0.2) is 0 Å². The van der Waals surface area contributed by atoms with E-state index in [4.69, 9.17) is 0 Å². The largest absolute Gasteiger partial charge is 0.385 e. The maximum atomic E-state index is 12.9. The van der Waals surface area contributed by atoms with Crippen molar-refractivity contribution in [3.8, 4) is 0 Å². The summed E-state index contributed by atoms with van der Waals surface area (Å²) < 4.78 is 0. The fourth-order valence-corrected chi connectivity index (χ4v) is 3.09. The fourth-order valence-electron chi connectivity index (χ4n) is 2.39. The third kappa shape index (κ3) is 3.24. The van der Waals surface area contributed by atoms with Gasteiger partial charge in [0.15, 0.2) is 0 Å². The number of hydrogen-bond donors (Lipinski definition) is 1. The Labute approximate surface area is 128 Å². The number of rotatable bonds is 6. The Morgan fingerprint density at radius 2 is 2.33 bits per heavy atom. The first-order valence-corrected chi connectivity index (χ1v) is 8.18. The number of pyridine rings is 1. The molecule has 4 nitrogen and oxygen atoms in total. The quantitative estimate of drug-likeness (QED) is 0.889. The molecule has 2 aromatic rings. The smallest absolute Gasteiger partial charge is 0.258 e. The number of carbonyl (C=O) groups is 1. The molecule has 2 heterocycles. The number of aromatic nitrogens is 1. The summed E-state index contributed by atoms with van der Waals surface area (Å²) in [5.74, 6) is 0.0787. The monoisotopic (exact) mass is 301 g/mol. The van der Waals surface area contributed by atoms with Crippen LogP contribution in [0, 0.1) is 0 Å². The molecule has 1 N–H and O–H groups in total. The van der Waals surface area contributed by atoms with E-state index in [9.17, 15) is 4.79 Å². The average Bonchev–Trinajstić information content (AvgIpc) is 3.21. The number of nitrogens with zero attached hydrogens (tertiary/aromatic N) is 2. The van der Waals surface area contributed by atoms with Gasteiger partial charge in [0.1, 0.15) is 0 Å². The molecule has 1 aliphatic rings. The van der Waals surface area contributed by atoms with Crippen molar-refractivity contribution >= 4 is 22.9 Å². The predicted molar refractivity (Wildman–Crippen MR) is 85.6 cm³/mol. The van der Waals surface area contributed by atoms with Gasteiger partial charge in [0.05, 0.1) is 17.8 Å². The molecule has 3 rings (SSSR count). The van der Waals surface area contributed by atoms with Crippen molar-refractivity contribution in [1.82, 2.24) is 9.88 Å². The molecule has 0 bridgehead atoms. The number of thiophene rings is 1. The fraction of sp³-hybridized carbons (Fsp3) is 0.375. The Balaban J connectivity index is 1.84. The van der Waals surface area contributed by atoms with Crippen molar-refractivity contribution in [1.29, 1.82) is 0 Å². The zero-order valence-electron chi connectivity index (χ0n) is 12.1. The van der Waals surface area contributed by atoms with E-state index in [-0.39, 0.29) is 5.91 Å². The Hall–Kier alpha value is -1.88. The summed E-state index contributed by atoms with van der Waals surface area (Å²) >= 11 is 1.70. The van der Waals surface area contributed by atoms with Crippen LogP contribution in [0.3, 0.4) is 0 Å². The van der Waals surface area contributed by atoms with Crippen LogP contribution >= 0.6 is 11.3 Å². The molecule has 1 amide bonds. The van der Waals surface area contributed by atoms with Crippen LogP contribution in [-0.4, -0.2) is 28.4 Å². The summed E-state index contributed by atoms with van der Waals surface area (Å²) in [4.78, 5) is 20.2. The highest BCUT2D eigenvalue weighted by Gasteiger charge is 2.34. The molecule has 1 saturated carbocycles. The third-order valence-electron chi connectivity index (χ3n) is 3.57. The van der Waals surface area contributed by atoms with Crippen molar-refractivity contribution in [2.75, 3.05) is 11.9 Å². The van der Waals surface area contributed by atoms with Crippen molar-refractivity contribution in [3.05, 3.63) is 46.4 Å². The molecule has 21 heavy (non-hydrogen) atoms. The van der Waals surface area contributed by atoms with Gasteiger partial charge in [-0.1, -0.05) is 6.07 Å². The highest BCUT2D eigenvalue weighted by atomic mass is 32.1. The van der Waals surface area contributed by atoms with Gasteiger partial charge in [-0.05, 0) is 37.3 Å². The molecule has 5 heteroatoms. The van der Waals surface area contributed by atoms with E-state index in [0.29, 0.717) is 18.2 Å². The Morgan fingerprint density at radius 3 is 3.00 bits per heavy atom. The minimum Gasteiger partial charge on any atom is -0.385 e. The summed E-state index contributed by atoms with van der Waals surface area (Å²) in [5, 5.41) is 5.30. The number of amides is 1. The Morgan fingerprint density at radius 1 is 1.48 bits per heavy atom. The molecule has 2 aromatic heterocycles. The van der Waals surface area contributed by atoms with Crippen molar-refractivity contribution in [3.63, 3.8) is 0 Å². The standard InChI is InChI=1S/C16H19N3OS/c1-2-18-15-7-8-17-10-14(15)16(20)19(12-5-6-12)11-13-4-3-9-21-13/h3-4,7-10,12H,2,5-6,11H2,1H3,(H,17,18). The molecule has 0 atom stereocenters. The van der Waals surface area contributed by atoms with Gasteiger partial charge in [-0.3, -0.25) is 9.78 Å². The molecule has 0 radical (unpaired) electrons. The van der Waals surface area contributed by atoms with Gasteiger partial charge >= 0.3 is 0 Å². The van der Waals surface area contributed by atoms with Gasteiger partial charge in [0.25, 0.3) is 5.91 Å². The van der Waals surface area contributed by atoms with E-state index in [1.54, 1.807) is 23.7 Å². The van der Waals surface area contributed by atoms with Gasteiger partial charge in [-0.2, -0.15) is 0 Å². The van der Waals surface area contributed by atoms with Gasteiger partial charge < -0.3 is 10.2 Å². The van der Waals surface area contributed by atoms with Crippen LogP contribution in [0.5, 0.6) is 0 Å². The summed E-state index contributed by atoms with van der Waals surface area (Å²) in [5.41, 5.74) is 1.54. The molecule has 110 valence electrons. The van der Waals surface area contributed by atoms with Crippen LogP contribution < -0.4 is 5.32 Å². The van der Waals surface area contributed by atoms with E-state index in [0.717, 1.165) is 25.1 Å². The highest BCUT2D eigenvalue weighted by Crippen LogP contribution is 2.31.